The fourth-order valence-electron chi connectivity index (χ4n) is 2.12. The van der Waals surface area contributed by atoms with E-state index in [1.54, 1.807) is 13.8 Å². The topological polar surface area (TPSA) is 97.4 Å². The van der Waals surface area contributed by atoms with Gasteiger partial charge in [-0.1, -0.05) is 0 Å². The van der Waals surface area contributed by atoms with Crippen LogP contribution in [0, 0.1) is 31.3 Å². The van der Waals surface area contributed by atoms with Crippen molar-refractivity contribution in [2.24, 2.45) is 0 Å². The predicted molar refractivity (Wildman–Crippen MR) is 94.4 cm³/mol. The van der Waals surface area contributed by atoms with Crippen LogP contribution in [0.5, 0.6) is 0 Å². The first kappa shape index (κ1) is 21.4. The summed E-state index contributed by atoms with van der Waals surface area (Å²) in [7, 11) is 0. The van der Waals surface area contributed by atoms with Crippen LogP contribution in [0.3, 0.4) is 0 Å². The number of esters is 1. The Morgan fingerprint density at radius 2 is 1.86 bits per heavy atom. The number of ether oxygens (including phenoxy) is 1. The Hall–Kier alpha value is -2.95. The average molecular weight is 415 g/mol. The highest BCUT2D eigenvalue weighted by molar-refractivity contribution is 7.13. The zero-order valence-corrected chi connectivity index (χ0v) is 15.9. The first-order valence-corrected chi connectivity index (χ1v) is 8.77. The van der Waals surface area contributed by atoms with Crippen LogP contribution in [0.25, 0.3) is 0 Å². The van der Waals surface area contributed by atoms with E-state index in [9.17, 15) is 27.6 Å². The number of anilines is 1. The lowest BCUT2D eigenvalue weighted by Crippen LogP contribution is -2.40. The van der Waals surface area contributed by atoms with E-state index in [2.05, 4.69) is 10.3 Å². The maximum atomic E-state index is 13.5. The fourth-order valence-corrected chi connectivity index (χ4v) is 2.92. The van der Waals surface area contributed by atoms with E-state index < -0.39 is 53.6 Å². The molecule has 0 unspecified atom stereocenters. The number of rotatable bonds is 6. The molecule has 0 spiro atoms. The molecule has 0 saturated heterocycles. The number of halogens is 3. The van der Waals surface area contributed by atoms with Crippen LogP contribution in [-0.4, -0.2) is 35.4 Å². The van der Waals surface area contributed by atoms with Gasteiger partial charge in [0.05, 0.1) is 22.9 Å². The lowest BCUT2D eigenvalue weighted by molar-refractivity contribution is -0.130. The van der Waals surface area contributed by atoms with Gasteiger partial charge in [-0.05, 0) is 32.9 Å². The first-order chi connectivity index (χ1) is 13.1. The molecule has 2 aromatic rings. The molecular weight excluding hydrogens is 399 g/mol. The van der Waals surface area contributed by atoms with Crippen molar-refractivity contribution in [2.75, 3.05) is 11.9 Å². The van der Waals surface area contributed by atoms with E-state index in [1.807, 2.05) is 5.32 Å². The summed E-state index contributed by atoms with van der Waals surface area (Å²) in [6, 6.07) is 1.49. The molecule has 1 heterocycles. The lowest BCUT2D eigenvalue weighted by Gasteiger charge is -2.13. The summed E-state index contributed by atoms with van der Waals surface area (Å²) in [5.41, 5.74) is -0.0956. The maximum absolute atomic E-state index is 13.5. The summed E-state index contributed by atoms with van der Waals surface area (Å²) >= 11 is 1.12. The van der Waals surface area contributed by atoms with E-state index in [0.29, 0.717) is 16.8 Å². The highest BCUT2D eigenvalue weighted by Gasteiger charge is 2.23. The van der Waals surface area contributed by atoms with Gasteiger partial charge in [0.25, 0.3) is 5.91 Å². The second kappa shape index (κ2) is 8.83. The largest absolute Gasteiger partial charge is 0.448 e. The molecule has 11 heteroatoms. The van der Waals surface area contributed by atoms with Gasteiger partial charge in [-0.25, -0.2) is 22.9 Å². The van der Waals surface area contributed by atoms with Crippen LogP contribution in [0.2, 0.25) is 0 Å². The van der Waals surface area contributed by atoms with Gasteiger partial charge < -0.3 is 15.4 Å². The fraction of sp³-hybridized carbons (Fsp3) is 0.294. The Labute approximate surface area is 161 Å². The molecule has 2 amide bonds. The third-order valence-electron chi connectivity index (χ3n) is 3.47. The van der Waals surface area contributed by atoms with Crippen molar-refractivity contribution >= 4 is 34.8 Å². The average Bonchev–Trinajstić information content (AvgIpc) is 2.98. The van der Waals surface area contributed by atoms with E-state index in [1.165, 1.54) is 6.92 Å². The number of aryl methyl sites for hydroxylation is 2. The quantitative estimate of drug-likeness (QED) is 0.558. The van der Waals surface area contributed by atoms with Crippen molar-refractivity contribution in [3.63, 3.8) is 0 Å². The van der Waals surface area contributed by atoms with Crippen LogP contribution < -0.4 is 10.6 Å². The van der Waals surface area contributed by atoms with Crippen LogP contribution in [0.4, 0.5) is 18.9 Å². The second-order valence-corrected chi connectivity index (χ2v) is 6.89. The molecule has 1 aromatic heterocycles. The normalized spacial score (nSPS) is 11.6. The molecule has 0 radical (unpaired) electrons. The maximum Gasteiger partial charge on any atom is 0.351 e. The molecule has 28 heavy (non-hydrogen) atoms. The molecule has 2 rings (SSSR count). The minimum absolute atomic E-state index is 0.267. The summed E-state index contributed by atoms with van der Waals surface area (Å²) in [5.74, 6) is -7.06. The standard InChI is InChI=1S/C17H16F3N3O4S/c1-7-15(28-9(3)22-7)17(26)27-8(2)16(25)21-6-12(24)23-11-5-4-10(18)13(19)14(11)20/h4-5,8H,6H2,1-3H3,(H,21,25)(H,23,24)/t8-/m0/s1. The molecule has 0 aliphatic rings. The zero-order chi connectivity index (χ0) is 21.0. The lowest BCUT2D eigenvalue weighted by atomic mass is 10.2. The van der Waals surface area contributed by atoms with Gasteiger partial charge in [0.1, 0.15) is 4.88 Å². The SMILES string of the molecule is Cc1nc(C)c(C(=O)O[C@@H](C)C(=O)NCC(=O)Nc2ccc(F)c(F)c2F)s1. The van der Waals surface area contributed by atoms with Gasteiger partial charge in [0.2, 0.25) is 5.91 Å². The van der Waals surface area contributed by atoms with Gasteiger partial charge in [-0.3, -0.25) is 9.59 Å². The Morgan fingerprint density at radius 3 is 2.46 bits per heavy atom. The summed E-state index contributed by atoms with van der Waals surface area (Å²) in [5, 5.41) is 4.86. The zero-order valence-electron chi connectivity index (χ0n) is 15.1. The third-order valence-corrected chi connectivity index (χ3v) is 4.53. The monoisotopic (exact) mass is 415 g/mol. The summed E-state index contributed by atoms with van der Waals surface area (Å²) in [6.45, 7) is 4.06. The van der Waals surface area contributed by atoms with Gasteiger partial charge in [-0.2, -0.15) is 0 Å². The van der Waals surface area contributed by atoms with E-state index in [-0.39, 0.29) is 4.88 Å². The number of benzene rings is 1. The minimum Gasteiger partial charge on any atom is -0.448 e. The van der Waals surface area contributed by atoms with Gasteiger partial charge in [-0.15, -0.1) is 11.3 Å². The van der Waals surface area contributed by atoms with Crippen LogP contribution in [0.1, 0.15) is 27.3 Å². The summed E-state index contributed by atoms with van der Waals surface area (Å²) < 4.78 is 44.5. The number of nitrogens with one attached hydrogen (secondary N) is 2. The smallest absolute Gasteiger partial charge is 0.351 e. The molecule has 0 aliphatic heterocycles. The molecule has 0 saturated carbocycles. The number of amides is 2. The van der Waals surface area contributed by atoms with Crippen molar-refractivity contribution in [1.82, 2.24) is 10.3 Å². The Morgan fingerprint density at radius 1 is 1.18 bits per heavy atom. The Balaban J connectivity index is 1.87. The minimum atomic E-state index is -1.73. The van der Waals surface area contributed by atoms with Crippen LogP contribution >= 0.6 is 11.3 Å². The number of nitrogens with zero attached hydrogens (tertiary/aromatic N) is 1. The van der Waals surface area contributed by atoms with Gasteiger partial charge in [0.15, 0.2) is 23.6 Å². The summed E-state index contributed by atoms with van der Waals surface area (Å²) in [4.78, 5) is 40.1. The van der Waals surface area contributed by atoms with Crippen molar-refractivity contribution < 1.29 is 32.3 Å². The molecule has 1 aromatic carbocycles. The van der Waals surface area contributed by atoms with Gasteiger partial charge in [0, 0.05) is 0 Å². The molecule has 7 nitrogen and oxygen atoms in total. The number of hydrogen-bond donors (Lipinski definition) is 2. The highest BCUT2D eigenvalue weighted by atomic mass is 32.1. The number of thiazole rings is 1. The van der Waals surface area contributed by atoms with Crippen LogP contribution in [-0.2, 0) is 14.3 Å². The van der Waals surface area contributed by atoms with E-state index in [0.717, 1.165) is 17.4 Å². The highest BCUT2D eigenvalue weighted by Crippen LogP contribution is 2.20. The first-order valence-electron chi connectivity index (χ1n) is 7.96. The molecule has 0 bridgehead atoms. The number of carbonyl (C=O) groups is 3. The van der Waals surface area contributed by atoms with Crippen molar-refractivity contribution in [3.8, 4) is 0 Å². The molecule has 0 aliphatic carbocycles. The van der Waals surface area contributed by atoms with Gasteiger partial charge >= 0.3 is 5.97 Å². The number of hydrogen-bond acceptors (Lipinski definition) is 6. The summed E-state index contributed by atoms with van der Waals surface area (Å²) in [6.07, 6.45) is -1.21. The number of aromatic nitrogens is 1. The van der Waals surface area contributed by atoms with Crippen LogP contribution in [0.15, 0.2) is 12.1 Å². The Kier molecular flexibility index (Phi) is 6.73. The van der Waals surface area contributed by atoms with E-state index >= 15 is 0 Å². The third kappa shape index (κ3) is 5.06. The molecule has 150 valence electrons. The van der Waals surface area contributed by atoms with Crippen molar-refractivity contribution in [2.45, 2.75) is 26.9 Å². The van der Waals surface area contributed by atoms with E-state index in [4.69, 9.17) is 4.74 Å². The Bertz CT molecular complexity index is 933. The molecule has 2 N–H and O–H groups in total. The number of carbonyl (C=O) groups excluding carboxylic acids is 3. The predicted octanol–water partition coefficient (Wildman–Crippen LogP) is 2.48. The van der Waals surface area contributed by atoms with Crippen molar-refractivity contribution in [1.29, 1.82) is 0 Å². The second-order valence-electron chi connectivity index (χ2n) is 5.68. The molecule has 0 fully saturated rings. The molecular formula is C17H16F3N3O4S. The van der Waals surface area contributed by atoms with Crippen molar-refractivity contribution in [3.05, 3.63) is 45.2 Å². The molecule has 1 atom stereocenters.